The lowest BCUT2D eigenvalue weighted by Gasteiger charge is -2.42. The third-order valence-electron chi connectivity index (χ3n) is 9.02. The van der Waals surface area contributed by atoms with Crippen LogP contribution in [0.4, 0.5) is 0 Å². The van der Waals surface area contributed by atoms with Gasteiger partial charge in [0, 0.05) is 38.6 Å². The number of rotatable bonds is 12. The summed E-state index contributed by atoms with van der Waals surface area (Å²) in [6.07, 6.45) is 5.84. The molecule has 3 N–H and O–H groups in total. The van der Waals surface area contributed by atoms with Gasteiger partial charge < -0.3 is 20.4 Å². The van der Waals surface area contributed by atoms with Crippen molar-refractivity contribution in [2.75, 3.05) is 32.7 Å². The first-order valence-electron chi connectivity index (χ1n) is 15.1. The molecule has 3 heterocycles. The van der Waals surface area contributed by atoms with Crippen molar-refractivity contribution in [3.63, 3.8) is 0 Å². The largest absolute Gasteiger partial charge is 0.370 e. The highest BCUT2D eigenvalue weighted by atomic mass is 15.5. The van der Waals surface area contributed by atoms with Crippen LogP contribution >= 0.6 is 0 Å². The Hall–Kier alpha value is -2.28. The van der Waals surface area contributed by atoms with E-state index in [0.717, 1.165) is 51.5 Å². The summed E-state index contributed by atoms with van der Waals surface area (Å²) in [5.74, 6) is 3.17. The number of likely N-dealkylation sites (tertiary alicyclic amines) is 1. The molecule has 0 aromatic heterocycles. The van der Waals surface area contributed by atoms with E-state index in [1.165, 1.54) is 24.8 Å². The molecule has 1 aromatic carbocycles. The molecule has 2 saturated heterocycles. The van der Waals surface area contributed by atoms with Gasteiger partial charge in [-0.1, -0.05) is 71.9 Å². The first-order valence-corrected chi connectivity index (χ1v) is 15.1. The Morgan fingerprint density at radius 2 is 1.71 bits per heavy atom. The number of benzene rings is 1. The predicted octanol–water partition coefficient (Wildman–Crippen LogP) is 4.69. The zero-order chi connectivity index (χ0) is 27.4. The van der Waals surface area contributed by atoms with E-state index in [4.69, 9.17) is 5.73 Å². The Morgan fingerprint density at radius 3 is 2.37 bits per heavy atom. The smallest absolute Gasteiger partial charge is 0.195 e. The normalized spacial score (nSPS) is 25.5. The second kappa shape index (κ2) is 12.7. The molecule has 0 saturated carbocycles. The number of nitrogens with one attached hydrogen (secondary N) is 1. The van der Waals surface area contributed by atoms with E-state index in [1.54, 1.807) is 0 Å². The predicted molar refractivity (Wildman–Crippen MR) is 159 cm³/mol. The molecule has 0 aliphatic carbocycles. The van der Waals surface area contributed by atoms with Crippen LogP contribution in [0.2, 0.25) is 0 Å². The van der Waals surface area contributed by atoms with Gasteiger partial charge in [-0.3, -0.25) is 15.3 Å². The van der Waals surface area contributed by atoms with E-state index in [2.05, 4.69) is 96.5 Å². The topological polar surface area (TPSA) is 75.2 Å². The Labute approximate surface area is 231 Å². The van der Waals surface area contributed by atoms with Gasteiger partial charge in [0.05, 0.1) is 24.8 Å². The fourth-order valence-electron chi connectivity index (χ4n) is 6.73. The lowest BCUT2D eigenvalue weighted by atomic mass is 10.0. The number of nitrogens with two attached hydrogens (primary N) is 1. The molecular formula is C31H53N7. The van der Waals surface area contributed by atoms with Gasteiger partial charge in [-0.05, 0) is 49.0 Å². The summed E-state index contributed by atoms with van der Waals surface area (Å²) in [4.78, 5) is 14.6. The van der Waals surface area contributed by atoms with Crippen LogP contribution in [0, 0.1) is 23.2 Å². The van der Waals surface area contributed by atoms with Crippen molar-refractivity contribution in [3.05, 3.63) is 35.9 Å². The Bertz CT molecular complexity index is 927. The van der Waals surface area contributed by atoms with Crippen molar-refractivity contribution in [2.45, 2.75) is 97.9 Å². The Kier molecular flexibility index (Phi) is 9.61. The minimum Gasteiger partial charge on any atom is -0.370 e. The lowest BCUT2D eigenvalue weighted by molar-refractivity contribution is 0.0669. The highest BCUT2D eigenvalue weighted by Crippen LogP contribution is 2.32. The van der Waals surface area contributed by atoms with Crippen LogP contribution < -0.4 is 5.73 Å². The molecule has 0 unspecified atom stereocenters. The third-order valence-corrected chi connectivity index (χ3v) is 9.02. The van der Waals surface area contributed by atoms with Gasteiger partial charge in [-0.15, -0.1) is 0 Å². The maximum atomic E-state index is 9.42. The molecule has 1 aromatic rings. The molecule has 7 nitrogen and oxygen atoms in total. The fourth-order valence-corrected chi connectivity index (χ4v) is 6.73. The van der Waals surface area contributed by atoms with Crippen molar-refractivity contribution in [3.8, 4) is 0 Å². The van der Waals surface area contributed by atoms with Crippen LogP contribution in [0.1, 0.15) is 72.8 Å². The minimum atomic E-state index is 0.173. The molecule has 2 fully saturated rings. The highest BCUT2D eigenvalue weighted by molar-refractivity contribution is 5.80. The van der Waals surface area contributed by atoms with Gasteiger partial charge in [0.25, 0.3) is 0 Å². The molecule has 3 aliphatic heterocycles. The van der Waals surface area contributed by atoms with Gasteiger partial charge in [0.15, 0.2) is 11.9 Å². The fraction of sp³-hybridized carbons (Fsp3) is 0.742. The summed E-state index contributed by atoms with van der Waals surface area (Å²) < 4.78 is 0. The standard InChI is InChI=1S/C31H53N7/c1-22(2)12-10-17-36-28(24(5)6)21-38(31(36)33)29(18-25-13-8-7-9-14-25)35-16-11-15-26(35)20-37-27(23(3)4)19-34-30(37)32/h7-9,13-14,22-24,26-29,33H,10-12,15-21H2,1-6H3,(H2,32,34)/t26-,27-,28-,29+/m0/s1. The van der Waals surface area contributed by atoms with Crippen LogP contribution in [-0.4, -0.2) is 88.5 Å². The molecule has 4 rings (SSSR count). The Morgan fingerprint density at radius 1 is 1.00 bits per heavy atom. The lowest BCUT2D eigenvalue weighted by Crippen LogP contribution is -2.57. The van der Waals surface area contributed by atoms with Crippen LogP contribution in [0.15, 0.2) is 35.3 Å². The number of nitrogens with zero attached hydrogens (tertiary/aromatic N) is 5. The monoisotopic (exact) mass is 523 g/mol. The van der Waals surface area contributed by atoms with Crippen LogP contribution in [0.3, 0.4) is 0 Å². The summed E-state index contributed by atoms with van der Waals surface area (Å²) in [5.41, 5.74) is 7.76. The first-order chi connectivity index (χ1) is 18.2. The number of guanidine groups is 2. The third kappa shape index (κ3) is 6.47. The SMILES string of the molecule is CC(C)CCCN1C(=N)N([C@H](Cc2ccccc2)N2CCC[C@H]2CN2C(N)=NC[C@H]2C(C)C)C[C@H]1C(C)C. The second-order valence-corrected chi connectivity index (χ2v) is 12.9. The summed E-state index contributed by atoms with van der Waals surface area (Å²) in [6.45, 7) is 18.5. The van der Waals surface area contributed by atoms with E-state index in [-0.39, 0.29) is 6.17 Å². The minimum absolute atomic E-state index is 0.173. The van der Waals surface area contributed by atoms with Gasteiger partial charge >= 0.3 is 0 Å². The van der Waals surface area contributed by atoms with E-state index in [0.29, 0.717) is 41.8 Å². The molecule has 212 valence electrons. The number of aliphatic imine (C=N–C) groups is 1. The van der Waals surface area contributed by atoms with Gasteiger partial charge in [-0.25, -0.2) is 0 Å². The first kappa shape index (κ1) is 28.7. The number of hydrogen-bond acceptors (Lipinski definition) is 5. The molecule has 38 heavy (non-hydrogen) atoms. The van der Waals surface area contributed by atoms with Crippen LogP contribution in [-0.2, 0) is 6.42 Å². The molecular weight excluding hydrogens is 470 g/mol. The van der Waals surface area contributed by atoms with Gasteiger partial charge in [-0.2, -0.15) is 0 Å². The summed E-state index contributed by atoms with van der Waals surface area (Å²) >= 11 is 0. The average Bonchev–Trinajstić information content (AvgIpc) is 3.57. The van der Waals surface area contributed by atoms with Crippen molar-refractivity contribution < 1.29 is 0 Å². The molecule has 0 amide bonds. The second-order valence-electron chi connectivity index (χ2n) is 12.9. The van der Waals surface area contributed by atoms with Gasteiger partial charge in [0.2, 0.25) is 0 Å². The maximum Gasteiger partial charge on any atom is 0.195 e. The quantitative estimate of drug-likeness (QED) is 0.416. The maximum absolute atomic E-state index is 9.42. The van der Waals surface area contributed by atoms with Crippen molar-refractivity contribution in [1.29, 1.82) is 5.41 Å². The summed E-state index contributed by atoms with van der Waals surface area (Å²) in [5, 5.41) is 9.42. The van der Waals surface area contributed by atoms with Crippen molar-refractivity contribution in [2.24, 2.45) is 28.5 Å². The molecule has 4 atom stereocenters. The van der Waals surface area contributed by atoms with E-state index in [1.807, 2.05) is 0 Å². The Balaban J connectivity index is 1.59. The van der Waals surface area contributed by atoms with E-state index in [9.17, 15) is 5.41 Å². The molecule has 0 radical (unpaired) electrons. The van der Waals surface area contributed by atoms with Crippen molar-refractivity contribution in [1.82, 2.24) is 19.6 Å². The molecule has 0 spiro atoms. The van der Waals surface area contributed by atoms with Crippen molar-refractivity contribution >= 4 is 11.9 Å². The van der Waals surface area contributed by atoms with Crippen LogP contribution in [0.25, 0.3) is 0 Å². The van der Waals surface area contributed by atoms with Crippen LogP contribution in [0.5, 0.6) is 0 Å². The zero-order valence-electron chi connectivity index (χ0n) is 24.8. The summed E-state index contributed by atoms with van der Waals surface area (Å²) in [6, 6.07) is 12.1. The average molecular weight is 524 g/mol. The molecule has 7 heteroatoms. The number of hydrogen-bond donors (Lipinski definition) is 2. The van der Waals surface area contributed by atoms with Gasteiger partial charge in [0.1, 0.15) is 0 Å². The summed E-state index contributed by atoms with van der Waals surface area (Å²) in [7, 11) is 0. The molecule has 3 aliphatic rings. The highest BCUT2D eigenvalue weighted by Gasteiger charge is 2.44. The molecule has 0 bridgehead atoms. The van der Waals surface area contributed by atoms with E-state index >= 15 is 0 Å². The zero-order valence-corrected chi connectivity index (χ0v) is 24.8. The van der Waals surface area contributed by atoms with E-state index < -0.39 is 0 Å².